The maximum absolute atomic E-state index is 13.8. The first-order valence-corrected chi connectivity index (χ1v) is 12.8. The molecule has 0 aliphatic heterocycles. The van der Waals surface area contributed by atoms with Gasteiger partial charge in [0.15, 0.2) is 22.3 Å². The van der Waals surface area contributed by atoms with Crippen LogP contribution < -0.4 is 15.9 Å². The minimum absolute atomic E-state index is 0.237. The average Bonchev–Trinajstić information content (AvgIpc) is 3.44. The molecule has 0 saturated carbocycles. The quantitative estimate of drug-likeness (QED) is 0.286. The van der Waals surface area contributed by atoms with Gasteiger partial charge in [-0.2, -0.15) is 0 Å². The molecule has 194 valence electrons. The molecule has 7 aromatic rings. The fraction of sp³-hybridized carbons (Fsp3) is 0.161. The first kappa shape index (κ1) is 23.3. The molecule has 0 atom stereocenters. The number of nitrogens with zero attached hydrogens (tertiary/aromatic N) is 2. The number of para-hydroxylation sites is 2. The van der Waals surface area contributed by atoms with Crippen molar-refractivity contribution in [2.24, 2.45) is 0 Å². The summed E-state index contributed by atoms with van der Waals surface area (Å²) in [6.07, 6.45) is 0. The molecule has 0 unspecified atom stereocenters. The summed E-state index contributed by atoms with van der Waals surface area (Å²) < 4.78 is 19.9. The molecule has 0 aliphatic rings. The molecular weight excluding hydrogens is 494 g/mol. The Morgan fingerprint density at radius 3 is 2.26 bits per heavy atom. The zero-order valence-electron chi connectivity index (χ0n) is 21.5. The van der Waals surface area contributed by atoms with Gasteiger partial charge in [0, 0.05) is 29.9 Å². The molecule has 0 saturated heterocycles. The predicted octanol–water partition coefficient (Wildman–Crippen LogP) is 5.63. The molecule has 0 fully saturated rings. The Kier molecular flexibility index (Phi) is 5.31. The lowest BCUT2D eigenvalue weighted by molar-refractivity contribution is 0.306. The van der Waals surface area contributed by atoms with Gasteiger partial charge >= 0.3 is 0 Å². The number of ether oxygens (including phenoxy) is 1. The molecule has 7 rings (SSSR count). The number of fused-ring (bicyclic) bond motifs is 9. The number of aromatic nitrogens is 2. The van der Waals surface area contributed by atoms with Gasteiger partial charge in [0.05, 0.1) is 16.4 Å². The number of H-pyrrole nitrogens is 1. The number of benzene rings is 4. The van der Waals surface area contributed by atoms with Crippen molar-refractivity contribution < 1.29 is 13.6 Å². The van der Waals surface area contributed by atoms with E-state index in [0.29, 0.717) is 51.9 Å². The van der Waals surface area contributed by atoms with Gasteiger partial charge in [0.1, 0.15) is 17.7 Å². The van der Waals surface area contributed by atoms with Crippen LogP contribution in [0.2, 0.25) is 0 Å². The molecule has 0 spiro atoms. The third kappa shape index (κ3) is 3.72. The molecule has 3 aromatic heterocycles. The fourth-order valence-electron chi connectivity index (χ4n) is 5.22. The smallest absolute Gasteiger partial charge is 0.265 e. The Morgan fingerprint density at radius 1 is 0.821 bits per heavy atom. The van der Waals surface area contributed by atoms with E-state index in [-0.39, 0.29) is 28.6 Å². The van der Waals surface area contributed by atoms with E-state index in [1.807, 2.05) is 85.7 Å². The van der Waals surface area contributed by atoms with E-state index >= 15 is 0 Å². The van der Waals surface area contributed by atoms with E-state index in [2.05, 4.69) is 4.98 Å². The van der Waals surface area contributed by atoms with Crippen LogP contribution in [0.4, 0.5) is 0 Å². The summed E-state index contributed by atoms with van der Waals surface area (Å²) >= 11 is 0. The lowest BCUT2D eigenvalue weighted by Gasteiger charge is -2.08. The highest BCUT2D eigenvalue weighted by Gasteiger charge is 2.26. The predicted molar refractivity (Wildman–Crippen MR) is 153 cm³/mol. The number of rotatable bonds is 6. The Balaban J connectivity index is 1.52. The van der Waals surface area contributed by atoms with Crippen molar-refractivity contribution in [2.45, 2.75) is 13.2 Å². The second kappa shape index (κ2) is 8.89. The summed E-state index contributed by atoms with van der Waals surface area (Å²) in [5, 5.41) is 2.01. The minimum atomic E-state index is -0.379. The van der Waals surface area contributed by atoms with E-state index < -0.39 is 0 Å². The second-order valence-corrected chi connectivity index (χ2v) is 9.98. The summed E-state index contributed by atoms with van der Waals surface area (Å²) in [5.41, 5.74) is 3.39. The molecule has 0 bridgehead atoms. The van der Waals surface area contributed by atoms with Crippen LogP contribution in [-0.2, 0) is 13.2 Å². The highest BCUT2D eigenvalue weighted by atomic mass is 16.5. The van der Waals surface area contributed by atoms with Crippen molar-refractivity contribution in [3.05, 3.63) is 99.1 Å². The lowest BCUT2D eigenvalue weighted by atomic mass is 10.1. The van der Waals surface area contributed by atoms with Gasteiger partial charge in [-0.25, -0.2) is 0 Å². The van der Waals surface area contributed by atoms with Gasteiger partial charge in [-0.05, 0) is 43.9 Å². The van der Waals surface area contributed by atoms with Crippen molar-refractivity contribution in [3.63, 3.8) is 0 Å². The first-order valence-electron chi connectivity index (χ1n) is 12.8. The fourth-order valence-corrected chi connectivity index (χ4v) is 5.22. The summed E-state index contributed by atoms with van der Waals surface area (Å²) in [7, 11) is 3.81. The largest absolute Gasteiger partial charge is 0.489 e. The maximum Gasteiger partial charge on any atom is 0.265 e. The van der Waals surface area contributed by atoms with Crippen LogP contribution in [-0.4, -0.2) is 35.1 Å². The standard InChI is InChI=1S/C31H25N3O5/c1-33(2)14-15-34-30(35)25-24-20-13-12-19(37-17-18-8-4-3-5-9-18)16-21(20)32-27(24)29-28(26(25)31(34)36)38-22-10-6-7-11-23(22)39-29/h3-13,16,32H,14-15,17H2,1-2H3. The normalized spacial score (nSPS) is 12.1. The second-order valence-electron chi connectivity index (χ2n) is 9.98. The zero-order valence-corrected chi connectivity index (χ0v) is 21.5. The van der Waals surface area contributed by atoms with Gasteiger partial charge in [0.2, 0.25) is 0 Å². The van der Waals surface area contributed by atoms with Crippen LogP contribution in [0.15, 0.2) is 91.2 Å². The number of hydrogen-bond acceptors (Lipinski definition) is 6. The van der Waals surface area contributed by atoms with Crippen LogP contribution in [0, 0.1) is 0 Å². The molecule has 1 N–H and O–H groups in total. The highest BCUT2D eigenvalue weighted by Crippen LogP contribution is 2.39. The van der Waals surface area contributed by atoms with Gasteiger partial charge in [-0.3, -0.25) is 14.2 Å². The van der Waals surface area contributed by atoms with Crippen LogP contribution in [0.1, 0.15) is 5.56 Å². The Labute approximate surface area is 221 Å². The average molecular weight is 520 g/mol. The van der Waals surface area contributed by atoms with Crippen LogP contribution in [0.5, 0.6) is 5.75 Å². The van der Waals surface area contributed by atoms with Crippen molar-refractivity contribution in [1.29, 1.82) is 0 Å². The Hall–Kier alpha value is -4.82. The molecule has 8 nitrogen and oxygen atoms in total. The third-order valence-electron chi connectivity index (χ3n) is 7.14. The van der Waals surface area contributed by atoms with E-state index in [0.717, 1.165) is 16.5 Å². The Bertz CT molecular complexity index is 2150. The summed E-state index contributed by atoms with van der Waals surface area (Å²) in [6, 6.07) is 22.9. The van der Waals surface area contributed by atoms with Crippen molar-refractivity contribution in [3.8, 4) is 5.75 Å². The molecule has 4 aromatic carbocycles. The molecular formula is C31H25N3O5. The zero-order chi connectivity index (χ0) is 26.7. The number of aromatic amines is 1. The monoisotopic (exact) mass is 519 g/mol. The summed E-state index contributed by atoms with van der Waals surface area (Å²) in [6.45, 7) is 1.25. The molecule has 0 aliphatic carbocycles. The first-order chi connectivity index (χ1) is 19.0. The Morgan fingerprint density at radius 2 is 1.51 bits per heavy atom. The minimum Gasteiger partial charge on any atom is -0.489 e. The molecule has 0 radical (unpaired) electrons. The van der Waals surface area contributed by atoms with Gasteiger partial charge in [0.25, 0.3) is 11.1 Å². The summed E-state index contributed by atoms with van der Waals surface area (Å²) in [5.74, 6) is 0.681. The number of hydrogen-bond donors (Lipinski definition) is 1. The van der Waals surface area contributed by atoms with E-state index in [1.165, 1.54) is 4.57 Å². The molecule has 3 heterocycles. The van der Waals surface area contributed by atoms with E-state index in [1.54, 1.807) is 6.07 Å². The van der Waals surface area contributed by atoms with Gasteiger partial charge in [-0.15, -0.1) is 0 Å². The molecule has 39 heavy (non-hydrogen) atoms. The highest BCUT2D eigenvalue weighted by molar-refractivity contribution is 6.29. The molecule has 0 amide bonds. The van der Waals surface area contributed by atoms with Crippen molar-refractivity contribution >= 4 is 54.9 Å². The van der Waals surface area contributed by atoms with Gasteiger partial charge < -0.3 is 23.5 Å². The van der Waals surface area contributed by atoms with Crippen LogP contribution >= 0.6 is 0 Å². The van der Waals surface area contributed by atoms with Crippen LogP contribution in [0.25, 0.3) is 54.9 Å². The number of likely N-dealkylation sites (N-methyl/N-ethyl adjacent to an activating group) is 1. The molecule has 8 heteroatoms. The SMILES string of the molecule is CN(C)CCn1c(=O)c2c3oc4ccccc4oc3c3[nH]c4cc(OCc5ccccc5)ccc4c3c2c1=O. The van der Waals surface area contributed by atoms with Crippen LogP contribution in [0.3, 0.4) is 0 Å². The van der Waals surface area contributed by atoms with Gasteiger partial charge in [-0.1, -0.05) is 42.5 Å². The van der Waals surface area contributed by atoms with E-state index in [4.69, 9.17) is 13.6 Å². The lowest BCUT2D eigenvalue weighted by Crippen LogP contribution is -2.30. The maximum atomic E-state index is 13.8. The summed E-state index contributed by atoms with van der Waals surface area (Å²) in [4.78, 5) is 32.9. The third-order valence-corrected chi connectivity index (χ3v) is 7.14. The van der Waals surface area contributed by atoms with Crippen molar-refractivity contribution in [2.75, 3.05) is 20.6 Å². The topological polar surface area (TPSA) is 93.6 Å². The van der Waals surface area contributed by atoms with E-state index in [9.17, 15) is 9.59 Å². The van der Waals surface area contributed by atoms with Crippen molar-refractivity contribution in [1.82, 2.24) is 14.5 Å². The number of nitrogens with one attached hydrogen (secondary N) is 1.